The van der Waals surface area contributed by atoms with Crippen LogP contribution in [0, 0.1) is 5.41 Å². The number of nitrogens with one attached hydrogen (secondary N) is 1. The number of carbonyl (C=O) groups excluding carboxylic acids is 1. The Bertz CT molecular complexity index is 1060. The maximum absolute atomic E-state index is 12.4. The SMILES string of the molecule is C[C@H](N[PH](=O)OC[C@@]1(C)O[C@@H](c2ccc3c(N)ncnn23)[C@H](O)[C@@H]1O)C(=O)OCC1(C)CC1. The molecule has 33 heavy (non-hydrogen) atoms. The van der Waals surface area contributed by atoms with E-state index in [1.54, 1.807) is 19.1 Å². The predicted molar refractivity (Wildman–Crippen MR) is 117 cm³/mol. The van der Waals surface area contributed by atoms with Gasteiger partial charge in [0.15, 0.2) is 5.82 Å². The summed E-state index contributed by atoms with van der Waals surface area (Å²) in [6, 6.07) is 2.54. The van der Waals surface area contributed by atoms with Crippen LogP contribution in [-0.4, -0.2) is 67.8 Å². The van der Waals surface area contributed by atoms with Crippen LogP contribution in [0.1, 0.15) is 45.4 Å². The highest BCUT2D eigenvalue weighted by Crippen LogP contribution is 2.45. The van der Waals surface area contributed by atoms with Gasteiger partial charge in [-0.1, -0.05) is 6.92 Å². The first-order valence-electron chi connectivity index (χ1n) is 10.7. The lowest BCUT2D eigenvalue weighted by Crippen LogP contribution is -2.44. The number of rotatable bonds is 9. The summed E-state index contributed by atoms with van der Waals surface area (Å²) in [5.74, 6) is -0.246. The van der Waals surface area contributed by atoms with Crippen LogP contribution in [0.4, 0.5) is 5.82 Å². The summed E-state index contributed by atoms with van der Waals surface area (Å²) >= 11 is 0. The third kappa shape index (κ3) is 4.91. The fourth-order valence-electron chi connectivity index (χ4n) is 3.71. The van der Waals surface area contributed by atoms with Crippen molar-refractivity contribution in [3.63, 3.8) is 0 Å². The molecule has 2 aromatic heterocycles. The lowest BCUT2D eigenvalue weighted by Gasteiger charge is -2.27. The molecule has 1 aliphatic carbocycles. The summed E-state index contributed by atoms with van der Waals surface area (Å²) in [6.45, 7) is 5.17. The molecule has 0 radical (unpaired) electrons. The Hall–Kier alpha value is -2.08. The maximum atomic E-state index is 12.4. The number of esters is 1. The minimum atomic E-state index is -2.86. The van der Waals surface area contributed by atoms with Crippen molar-refractivity contribution in [2.75, 3.05) is 18.9 Å². The Morgan fingerprint density at radius 1 is 1.39 bits per heavy atom. The van der Waals surface area contributed by atoms with Crippen molar-refractivity contribution in [2.24, 2.45) is 5.41 Å². The normalized spacial score (nSPS) is 30.3. The Labute approximate surface area is 191 Å². The van der Waals surface area contributed by atoms with Crippen LogP contribution in [0.3, 0.4) is 0 Å². The van der Waals surface area contributed by atoms with Crippen molar-refractivity contribution < 1.29 is 33.6 Å². The molecule has 1 unspecified atom stereocenters. The first-order valence-corrected chi connectivity index (χ1v) is 12.1. The van der Waals surface area contributed by atoms with Crippen LogP contribution < -0.4 is 10.8 Å². The molecule has 0 bridgehead atoms. The topological polar surface area (TPSA) is 171 Å². The van der Waals surface area contributed by atoms with Gasteiger partial charge in [0.05, 0.1) is 18.9 Å². The van der Waals surface area contributed by atoms with Crippen LogP contribution in [-0.2, 0) is 23.4 Å². The second-order valence-corrected chi connectivity index (χ2v) is 10.5. The van der Waals surface area contributed by atoms with E-state index in [1.807, 2.05) is 6.92 Å². The molecular weight excluding hydrogens is 453 g/mol. The van der Waals surface area contributed by atoms with Crippen molar-refractivity contribution in [3.05, 3.63) is 24.2 Å². The van der Waals surface area contributed by atoms with E-state index in [0.29, 0.717) is 17.8 Å². The van der Waals surface area contributed by atoms with Crippen molar-refractivity contribution in [2.45, 2.75) is 63.6 Å². The fraction of sp³-hybridized carbons (Fsp3) is 0.650. The average Bonchev–Trinajstić information content (AvgIpc) is 3.28. The number of hydrogen-bond acceptors (Lipinski definition) is 10. The van der Waals surface area contributed by atoms with Gasteiger partial charge >= 0.3 is 5.97 Å². The van der Waals surface area contributed by atoms with Crippen LogP contribution >= 0.6 is 8.18 Å². The number of ether oxygens (including phenoxy) is 2. The van der Waals surface area contributed by atoms with E-state index >= 15 is 0 Å². The number of nitrogen functional groups attached to an aromatic ring is 1. The molecule has 6 atom stereocenters. The summed E-state index contributed by atoms with van der Waals surface area (Å²) in [5, 5.41) is 28.0. The number of carbonyl (C=O) groups is 1. The summed E-state index contributed by atoms with van der Waals surface area (Å²) in [7, 11) is -2.86. The van der Waals surface area contributed by atoms with E-state index in [4.69, 9.17) is 19.7 Å². The number of anilines is 1. The largest absolute Gasteiger partial charge is 0.464 e. The van der Waals surface area contributed by atoms with Crippen LogP contribution in [0.5, 0.6) is 0 Å². The van der Waals surface area contributed by atoms with Gasteiger partial charge in [-0.05, 0) is 38.8 Å². The van der Waals surface area contributed by atoms with E-state index in [0.717, 1.165) is 12.8 Å². The number of fused-ring (bicyclic) bond motifs is 1. The van der Waals surface area contributed by atoms with Crippen molar-refractivity contribution in [1.29, 1.82) is 0 Å². The Morgan fingerprint density at radius 2 is 2.12 bits per heavy atom. The van der Waals surface area contributed by atoms with Gasteiger partial charge in [-0.15, -0.1) is 0 Å². The molecule has 1 saturated heterocycles. The predicted octanol–water partition coefficient (Wildman–Crippen LogP) is 0.591. The van der Waals surface area contributed by atoms with E-state index in [-0.39, 0.29) is 17.8 Å². The zero-order chi connectivity index (χ0) is 24.0. The molecule has 2 aromatic rings. The molecular formula is C20H30N5O7P. The van der Waals surface area contributed by atoms with Gasteiger partial charge in [0, 0.05) is 5.41 Å². The van der Waals surface area contributed by atoms with Crippen LogP contribution in [0.15, 0.2) is 18.5 Å². The van der Waals surface area contributed by atoms with Crippen molar-refractivity contribution in [3.8, 4) is 0 Å². The molecule has 1 saturated carbocycles. The Morgan fingerprint density at radius 3 is 2.82 bits per heavy atom. The van der Waals surface area contributed by atoms with Gasteiger partial charge in [0.1, 0.15) is 41.8 Å². The summed E-state index contributed by atoms with van der Waals surface area (Å²) < 4.78 is 30.5. The molecule has 12 nitrogen and oxygen atoms in total. The molecule has 2 aliphatic rings. The zero-order valence-electron chi connectivity index (χ0n) is 18.7. The molecule has 1 aliphatic heterocycles. The van der Waals surface area contributed by atoms with E-state index < -0.39 is 44.1 Å². The highest BCUT2D eigenvalue weighted by molar-refractivity contribution is 7.36. The van der Waals surface area contributed by atoms with Crippen molar-refractivity contribution in [1.82, 2.24) is 19.7 Å². The third-order valence-corrected chi connectivity index (χ3v) is 7.38. The number of hydrogen-bond donors (Lipinski definition) is 4. The standard InChI is InChI=1S/C20H30N5O7P/c1-11(18(28)30-8-19(2)6-7-19)24-33(29)31-9-20(3)16(27)14(26)15(32-20)12-4-5-13-17(21)22-10-23-25(12)13/h4-5,10-11,14-16,26-27,33H,6-9H2,1-3H3,(H,24,29)(H2,21,22,23)/t11-,14-,15-,16-,20+/m0/s1. The van der Waals surface area contributed by atoms with E-state index in [2.05, 4.69) is 15.2 Å². The lowest BCUT2D eigenvalue weighted by atomic mass is 9.97. The fourth-order valence-corrected chi connectivity index (χ4v) is 4.69. The first kappa shape index (κ1) is 24.1. The van der Waals surface area contributed by atoms with E-state index in [1.165, 1.54) is 17.8 Å². The molecule has 0 aromatic carbocycles. The number of aliphatic hydroxyl groups excluding tert-OH is 2. The van der Waals surface area contributed by atoms with Gasteiger partial charge in [0.2, 0.25) is 0 Å². The smallest absolute Gasteiger partial charge is 0.323 e. The highest BCUT2D eigenvalue weighted by Gasteiger charge is 2.53. The van der Waals surface area contributed by atoms with Crippen LogP contribution in [0.25, 0.3) is 5.52 Å². The summed E-state index contributed by atoms with van der Waals surface area (Å²) in [5.41, 5.74) is 5.56. The maximum Gasteiger partial charge on any atom is 0.323 e. The van der Waals surface area contributed by atoms with Gasteiger partial charge in [-0.2, -0.15) is 5.10 Å². The minimum absolute atomic E-state index is 0.0577. The average molecular weight is 483 g/mol. The molecule has 13 heteroatoms. The van der Waals surface area contributed by atoms with Gasteiger partial charge in [0.25, 0.3) is 8.18 Å². The monoisotopic (exact) mass is 483 g/mol. The molecule has 4 rings (SSSR count). The molecule has 3 heterocycles. The quantitative estimate of drug-likeness (QED) is 0.291. The van der Waals surface area contributed by atoms with Gasteiger partial charge in [-0.25, -0.2) is 14.6 Å². The second-order valence-electron chi connectivity index (χ2n) is 9.35. The third-order valence-electron chi connectivity index (χ3n) is 6.30. The number of aliphatic hydroxyl groups is 2. The number of nitrogens with two attached hydrogens (primary N) is 1. The Balaban J connectivity index is 1.35. The first-order chi connectivity index (χ1) is 15.5. The lowest BCUT2D eigenvalue weighted by molar-refractivity contribution is -0.146. The zero-order valence-corrected chi connectivity index (χ0v) is 19.7. The number of nitrogens with zero attached hydrogens (tertiary/aromatic N) is 3. The van der Waals surface area contributed by atoms with Gasteiger partial charge < -0.3 is 29.9 Å². The minimum Gasteiger partial charge on any atom is -0.464 e. The second kappa shape index (κ2) is 8.94. The van der Waals surface area contributed by atoms with E-state index in [9.17, 15) is 19.6 Å². The molecule has 5 N–H and O–H groups in total. The Kier molecular flexibility index (Phi) is 6.51. The van der Waals surface area contributed by atoms with Crippen molar-refractivity contribution >= 4 is 25.5 Å². The van der Waals surface area contributed by atoms with Crippen LogP contribution in [0.2, 0.25) is 0 Å². The molecule has 0 amide bonds. The molecule has 2 fully saturated rings. The molecule has 0 spiro atoms. The van der Waals surface area contributed by atoms with Gasteiger partial charge in [-0.3, -0.25) is 9.36 Å². The summed E-state index contributed by atoms with van der Waals surface area (Å²) in [6.07, 6.45) is -0.229. The molecule has 182 valence electrons. The summed E-state index contributed by atoms with van der Waals surface area (Å²) in [4.78, 5) is 16.0. The highest BCUT2D eigenvalue weighted by atomic mass is 31.1. The number of aromatic nitrogens is 3.